The van der Waals surface area contributed by atoms with Gasteiger partial charge in [0.25, 0.3) is 0 Å². The van der Waals surface area contributed by atoms with Crippen molar-refractivity contribution in [2.45, 2.75) is 46.6 Å². The molecular weight excluding hydrogens is 217 g/mol. The summed E-state index contributed by atoms with van der Waals surface area (Å²) in [5.74, 6) is -0.987. The molecule has 0 aliphatic rings. The molecule has 1 N–H and O–H groups in total. The van der Waals surface area contributed by atoms with Crippen molar-refractivity contribution in [3.05, 3.63) is 0 Å². The smallest absolute Gasteiger partial charge is 0.548 e. The van der Waals surface area contributed by atoms with Gasteiger partial charge in [-0.1, -0.05) is 27.7 Å². The first-order valence-corrected chi connectivity index (χ1v) is 5.33. The van der Waals surface area contributed by atoms with Gasteiger partial charge in [0, 0.05) is 6.42 Å². The summed E-state index contributed by atoms with van der Waals surface area (Å²) in [6.45, 7) is 7.64. The van der Waals surface area contributed by atoms with Crippen LogP contribution in [-0.2, 0) is 9.59 Å². The number of carboxylic acid groups (broad SMARTS) is 1. The topological polar surface area (TPSA) is 69.2 Å². The number of carbonyl (C=O) groups is 2. The second-order valence-electron chi connectivity index (χ2n) is 4.67. The zero-order valence-electron chi connectivity index (χ0n) is 10.9. The van der Waals surface area contributed by atoms with Gasteiger partial charge in [0.05, 0.1) is 12.0 Å². The second-order valence-corrected chi connectivity index (χ2v) is 4.67. The summed E-state index contributed by atoms with van der Waals surface area (Å²) in [6, 6.07) is -0.865. The second kappa shape index (κ2) is 9.02. The third-order valence-corrected chi connectivity index (χ3v) is 1.92. The summed E-state index contributed by atoms with van der Waals surface area (Å²) in [4.78, 5) is 22.1. The molecule has 0 saturated carbocycles. The molecule has 4 nitrogen and oxygen atoms in total. The summed E-state index contributed by atoms with van der Waals surface area (Å²) in [7, 11) is 0. The summed E-state index contributed by atoms with van der Waals surface area (Å²) in [6.07, 6.45) is 0.758. The van der Waals surface area contributed by atoms with E-state index in [1.165, 1.54) is 0 Å². The molecule has 0 aromatic rings. The molecule has 0 aliphatic carbocycles. The van der Waals surface area contributed by atoms with E-state index in [0.717, 1.165) is 0 Å². The van der Waals surface area contributed by atoms with Crippen LogP contribution in [0.2, 0.25) is 0 Å². The average Bonchev–Trinajstić information content (AvgIpc) is 1.99. The standard InChI is InChI=1S/C11H21NO3.Na/c1-7(2)5-9(11(14)15)12-10(13)6-8(3)4;/h7-9H,5-6H2,1-4H3,(H,12,13)(H,14,15);/q;+1/p-1. The van der Waals surface area contributed by atoms with Crippen LogP contribution in [0, 0.1) is 11.8 Å². The molecule has 1 atom stereocenters. The Morgan fingerprint density at radius 1 is 1.12 bits per heavy atom. The van der Waals surface area contributed by atoms with Gasteiger partial charge in [0.1, 0.15) is 0 Å². The van der Waals surface area contributed by atoms with E-state index in [2.05, 4.69) is 5.32 Å². The molecule has 0 aromatic carbocycles. The van der Waals surface area contributed by atoms with Gasteiger partial charge in [0.2, 0.25) is 5.91 Å². The number of amides is 1. The number of nitrogens with one attached hydrogen (secondary N) is 1. The number of carboxylic acids is 1. The van der Waals surface area contributed by atoms with Crippen LogP contribution < -0.4 is 40.0 Å². The first kappa shape index (κ1) is 18.3. The fraction of sp³-hybridized carbons (Fsp3) is 0.818. The van der Waals surface area contributed by atoms with E-state index in [1.807, 2.05) is 27.7 Å². The molecule has 88 valence electrons. The molecule has 0 spiro atoms. The Kier molecular flexibility index (Phi) is 10.3. The van der Waals surface area contributed by atoms with Gasteiger partial charge in [-0.15, -0.1) is 0 Å². The minimum atomic E-state index is -1.21. The maximum atomic E-state index is 11.3. The van der Waals surface area contributed by atoms with Crippen LogP contribution >= 0.6 is 0 Å². The van der Waals surface area contributed by atoms with Crippen LogP contribution in [0.5, 0.6) is 0 Å². The number of rotatable bonds is 6. The average molecular weight is 237 g/mol. The van der Waals surface area contributed by atoms with Crippen molar-refractivity contribution >= 4 is 11.9 Å². The van der Waals surface area contributed by atoms with Gasteiger partial charge in [-0.25, -0.2) is 0 Å². The third-order valence-electron chi connectivity index (χ3n) is 1.92. The van der Waals surface area contributed by atoms with Crippen molar-refractivity contribution in [1.82, 2.24) is 5.32 Å². The Morgan fingerprint density at radius 2 is 1.62 bits per heavy atom. The monoisotopic (exact) mass is 237 g/mol. The number of aliphatic carboxylic acids is 1. The zero-order valence-corrected chi connectivity index (χ0v) is 12.9. The molecule has 0 radical (unpaired) electrons. The van der Waals surface area contributed by atoms with Crippen molar-refractivity contribution in [3.63, 3.8) is 0 Å². The maximum absolute atomic E-state index is 11.3. The van der Waals surface area contributed by atoms with E-state index in [0.29, 0.717) is 12.8 Å². The Balaban J connectivity index is 0. The molecule has 0 aliphatic heterocycles. The Hall–Kier alpha value is -0.0600. The minimum absolute atomic E-state index is 0. The van der Waals surface area contributed by atoms with Gasteiger partial charge < -0.3 is 15.2 Å². The first-order chi connectivity index (χ1) is 6.82. The SMILES string of the molecule is CC(C)CC(=O)NC(CC(C)C)C(=O)[O-].[Na+]. The van der Waals surface area contributed by atoms with E-state index in [9.17, 15) is 14.7 Å². The quantitative estimate of drug-likeness (QED) is 0.512. The van der Waals surface area contributed by atoms with Crippen LogP contribution in [0.4, 0.5) is 0 Å². The number of hydrogen-bond donors (Lipinski definition) is 1. The van der Waals surface area contributed by atoms with E-state index in [-0.39, 0.29) is 47.3 Å². The van der Waals surface area contributed by atoms with Gasteiger partial charge in [-0.3, -0.25) is 4.79 Å². The number of carbonyl (C=O) groups excluding carboxylic acids is 2. The van der Waals surface area contributed by atoms with Crippen LogP contribution in [0.25, 0.3) is 0 Å². The number of hydrogen-bond acceptors (Lipinski definition) is 3. The van der Waals surface area contributed by atoms with Crippen molar-refractivity contribution in [2.24, 2.45) is 11.8 Å². The Morgan fingerprint density at radius 3 is 1.94 bits per heavy atom. The largest absolute Gasteiger partial charge is 1.00 e. The van der Waals surface area contributed by atoms with E-state index in [4.69, 9.17) is 0 Å². The molecular formula is C11H20NNaO3. The van der Waals surface area contributed by atoms with Crippen LogP contribution in [0.1, 0.15) is 40.5 Å². The molecule has 0 rings (SSSR count). The molecule has 1 amide bonds. The molecule has 16 heavy (non-hydrogen) atoms. The van der Waals surface area contributed by atoms with Crippen molar-refractivity contribution in [1.29, 1.82) is 0 Å². The fourth-order valence-electron chi connectivity index (χ4n) is 1.31. The normalized spacial score (nSPS) is 12.1. The molecule has 5 heteroatoms. The fourth-order valence-corrected chi connectivity index (χ4v) is 1.31. The van der Waals surface area contributed by atoms with E-state index >= 15 is 0 Å². The zero-order chi connectivity index (χ0) is 12.0. The van der Waals surface area contributed by atoms with Crippen LogP contribution in [0.15, 0.2) is 0 Å². The summed E-state index contributed by atoms with van der Waals surface area (Å²) in [5.41, 5.74) is 0. The van der Waals surface area contributed by atoms with Crippen molar-refractivity contribution in [3.8, 4) is 0 Å². The minimum Gasteiger partial charge on any atom is -0.548 e. The van der Waals surface area contributed by atoms with E-state index < -0.39 is 12.0 Å². The molecule has 0 heterocycles. The van der Waals surface area contributed by atoms with E-state index in [1.54, 1.807) is 0 Å². The van der Waals surface area contributed by atoms with Crippen molar-refractivity contribution in [2.75, 3.05) is 0 Å². The summed E-state index contributed by atoms with van der Waals surface area (Å²) < 4.78 is 0. The first-order valence-electron chi connectivity index (χ1n) is 5.33. The van der Waals surface area contributed by atoms with Crippen LogP contribution in [0.3, 0.4) is 0 Å². The molecule has 0 bridgehead atoms. The maximum Gasteiger partial charge on any atom is 1.00 e. The Labute approximate surface area is 119 Å². The molecule has 1 unspecified atom stereocenters. The predicted octanol–water partition coefficient (Wildman–Crippen LogP) is -2.68. The van der Waals surface area contributed by atoms with Gasteiger partial charge >= 0.3 is 29.6 Å². The Bertz CT molecular complexity index is 229. The molecule has 0 fully saturated rings. The third kappa shape index (κ3) is 9.19. The molecule has 0 saturated heterocycles. The summed E-state index contributed by atoms with van der Waals surface area (Å²) >= 11 is 0. The van der Waals surface area contributed by atoms with Crippen LogP contribution in [-0.4, -0.2) is 17.9 Å². The van der Waals surface area contributed by atoms with Gasteiger partial charge in [-0.2, -0.15) is 0 Å². The van der Waals surface area contributed by atoms with Gasteiger partial charge in [0.15, 0.2) is 0 Å². The summed E-state index contributed by atoms with van der Waals surface area (Å²) in [5, 5.41) is 13.2. The predicted molar refractivity (Wildman–Crippen MR) is 55.8 cm³/mol. The van der Waals surface area contributed by atoms with Crippen molar-refractivity contribution < 1.29 is 44.3 Å². The molecule has 0 aromatic heterocycles. The van der Waals surface area contributed by atoms with Gasteiger partial charge in [-0.05, 0) is 18.3 Å².